The highest BCUT2D eigenvalue weighted by atomic mass is 28.4. The van der Waals surface area contributed by atoms with Crippen LogP contribution in [0.25, 0.3) is 11.1 Å². The van der Waals surface area contributed by atoms with E-state index in [1.807, 2.05) is 24.3 Å². The van der Waals surface area contributed by atoms with Gasteiger partial charge in [-0.1, -0.05) is 36.4 Å². The molecule has 2 rings (SSSR count). The van der Waals surface area contributed by atoms with Crippen LogP contribution < -0.4 is 5.73 Å². The van der Waals surface area contributed by atoms with E-state index in [1.54, 1.807) is 0 Å². The van der Waals surface area contributed by atoms with Crippen LogP contribution in [0.4, 0.5) is 5.69 Å². The molecule has 0 aliphatic heterocycles. The van der Waals surface area contributed by atoms with Crippen LogP contribution in [-0.2, 0) is 20.4 Å². The Balaban J connectivity index is 1.70. The van der Waals surface area contributed by atoms with Crippen LogP contribution in [0, 0.1) is 0 Å². The minimum atomic E-state index is -1.64. The van der Waals surface area contributed by atoms with E-state index in [4.69, 9.17) is 14.9 Å². The number of hydrogen-bond donors (Lipinski definition) is 1. The SMILES string of the molecule is CC(C)O[Si](C)(C)CCCOC(=O)CCc1ccc(-c2ccc(N)cc2)cc1. The van der Waals surface area contributed by atoms with Crippen molar-refractivity contribution < 1.29 is 14.0 Å². The topological polar surface area (TPSA) is 61.5 Å². The third-order valence-corrected chi connectivity index (χ3v) is 7.22. The summed E-state index contributed by atoms with van der Waals surface area (Å²) in [7, 11) is -1.64. The van der Waals surface area contributed by atoms with Gasteiger partial charge in [-0.3, -0.25) is 4.79 Å². The second kappa shape index (κ2) is 10.4. The molecule has 0 unspecified atom stereocenters. The van der Waals surface area contributed by atoms with Gasteiger partial charge in [0.2, 0.25) is 0 Å². The Bertz CT molecular complexity index is 739. The van der Waals surface area contributed by atoms with Gasteiger partial charge in [-0.25, -0.2) is 0 Å². The zero-order valence-electron chi connectivity index (χ0n) is 17.5. The molecule has 0 aliphatic carbocycles. The van der Waals surface area contributed by atoms with E-state index in [0.717, 1.165) is 34.8 Å². The molecule has 2 aromatic rings. The number of aryl methyl sites for hydroxylation is 1. The van der Waals surface area contributed by atoms with Crippen molar-refractivity contribution in [2.45, 2.75) is 58.4 Å². The molecule has 0 atom stereocenters. The molecular weight excluding hydrogens is 366 g/mol. The fraction of sp³-hybridized carbons (Fsp3) is 0.435. The van der Waals surface area contributed by atoms with Crippen molar-refractivity contribution >= 4 is 20.0 Å². The first-order valence-electron chi connectivity index (χ1n) is 10.0. The molecule has 28 heavy (non-hydrogen) atoms. The lowest BCUT2D eigenvalue weighted by Crippen LogP contribution is -2.33. The summed E-state index contributed by atoms with van der Waals surface area (Å²) in [5.74, 6) is -0.133. The average molecular weight is 400 g/mol. The van der Waals surface area contributed by atoms with Gasteiger partial charge in [0.25, 0.3) is 0 Å². The normalized spacial score (nSPS) is 11.6. The molecule has 152 valence electrons. The van der Waals surface area contributed by atoms with E-state index in [1.165, 1.54) is 0 Å². The smallest absolute Gasteiger partial charge is 0.306 e. The van der Waals surface area contributed by atoms with Crippen molar-refractivity contribution in [1.82, 2.24) is 0 Å². The fourth-order valence-corrected chi connectivity index (χ4v) is 5.63. The maximum absolute atomic E-state index is 12.0. The first-order valence-corrected chi connectivity index (χ1v) is 13.1. The number of carbonyl (C=O) groups is 1. The highest BCUT2D eigenvalue weighted by molar-refractivity contribution is 6.71. The van der Waals surface area contributed by atoms with E-state index in [0.29, 0.717) is 19.4 Å². The van der Waals surface area contributed by atoms with Crippen molar-refractivity contribution in [2.24, 2.45) is 0 Å². The van der Waals surface area contributed by atoms with Crippen LogP contribution in [0.3, 0.4) is 0 Å². The summed E-state index contributed by atoms with van der Waals surface area (Å²) in [6.45, 7) is 9.03. The monoisotopic (exact) mass is 399 g/mol. The van der Waals surface area contributed by atoms with Gasteiger partial charge >= 0.3 is 5.97 Å². The standard InChI is InChI=1S/C23H33NO3Si/c1-18(2)27-28(3,4)17-5-16-26-23(25)15-8-19-6-9-20(10-7-19)21-11-13-22(24)14-12-21/h6-7,9-14,18H,5,8,15-17,24H2,1-4H3. The summed E-state index contributed by atoms with van der Waals surface area (Å²) in [5.41, 5.74) is 9.90. The van der Waals surface area contributed by atoms with Crippen LogP contribution in [0.1, 0.15) is 32.3 Å². The molecule has 0 fully saturated rings. The average Bonchev–Trinajstić information content (AvgIpc) is 2.64. The summed E-state index contributed by atoms with van der Waals surface area (Å²) in [4.78, 5) is 12.0. The molecule has 5 heteroatoms. The molecule has 0 saturated heterocycles. The molecule has 0 aromatic heterocycles. The van der Waals surface area contributed by atoms with Crippen molar-refractivity contribution in [3.05, 3.63) is 54.1 Å². The van der Waals surface area contributed by atoms with E-state index in [-0.39, 0.29) is 12.1 Å². The predicted molar refractivity (Wildman–Crippen MR) is 119 cm³/mol. The Morgan fingerprint density at radius 1 is 1.00 bits per heavy atom. The van der Waals surface area contributed by atoms with Crippen molar-refractivity contribution in [2.75, 3.05) is 12.3 Å². The second-order valence-electron chi connectivity index (χ2n) is 8.07. The first kappa shape index (κ1) is 22.2. The number of nitrogen functional groups attached to an aromatic ring is 1. The summed E-state index contributed by atoms with van der Waals surface area (Å²) in [6, 6.07) is 17.1. The number of anilines is 1. The minimum absolute atomic E-state index is 0.133. The Morgan fingerprint density at radius 2 is 1.57 bits per heavy atom. The van der Waals surface area contributed by atoms with Gasteiger partial charge in [-0.2, -0.15) is 0 Å². The van der Waals surface area contributed by atoms with Crippen LogP contribution >= 0.6 is 0 Å². The maximum Gasteiger partial charge on any atom is 0.306 e. The Morgan fingerprint density at radius 3 is 2.14 bits per heavy atom. The molecule has 0 heterocycles. The predicted octanol–water partition coefficient (Wildman–Crippen LogP) is 5.43. The fourth-order valence-electron chi connectivity index (χ4n) is 3.24. The van der Waals surface area contributed by atoms with Gasteiger partial charge in [-0.15, -0.1) is 0 Å². The molecule has 0 aliphatic rings. The quantitative estimate of drug-likeness (QED) is 0.250. The maximum atomic E-state index is 12.0. The third-order valence-electron chi connectivity index (χ3n) is 4.56. The molecule has 2 N–H and O–H groups in total. The Labute approximate surface area is 170 Å². The van der Waals surface area contributed by atoms with Crippen molar-refractivity contribution in [3.8, 4) is 11.1 Å². The molecule has 0 bridgehead atoms. The molecule has 4 nitrogen and oxygen atoms in total. The van der Waals surface area contributed by atoms with E-state index in [9.17, 15) is 4.79 Å². The van der Waals surface area contributed by atoms with Gasteiger partial charge in [-0.05, 0) is 74.7 Å². The van der Waals surface area contributed by atoms with Gasteiger partial charge < -0.3 is 14.9 Å². The summed E-state index contributed by atoms with van der Waals surface area (Å²) < 4.78 is 11.4. The number of ether oxygens (including phenoxy) is 1. The molecule has 0 spiro atoms. The molecule has 0 saturated carbocycles. The number of esters is 1. The lowest BCUT2D eigenvalue weighted by atomic mass is 10.0. The number of benzene rings is 2. The van der Waals surface area contributed by atoms with Crippen LogP contribution in [0.5, 0.6) is 0 Å². The number of hydrogen-bond acceptors (Lipinski definition) is 4. The van der Waals surface area contributed by atoms with E-state index < -0.39 is 8.32 Å². The first-order chi connectivity index (χ1) is 13.2. The summed E-state index contributed by atoms with van der Waals surface area (Å²) in [5, 5.41) is 0. The molecule has 0 radical (unpaired) electrons. The van der Waals surface area contributed by atoms with Gasteiger partial charge in [0.15, 0.2) is 8.32 Å². The summed E-state index contributed by atoms with van der Waals surface area (Å²) in [6.07, 6.45) is 2.23. The number of nitrogens with two attached hydrogens (primary N) is 1. The van der Waals surface area contributed by atoms with E-state index in [2.05, 4.69) is 51.2 Å². The zero-order chi connectivity index (χ0) is 20.6. The minimum Gasteiger partial charge on any atom is -0.466 e. The largest absolute Gasteiger partial charge is 0.466 e. The third kappa shape index (κ3) is 7.86. The molecule has 0 amide bonds. The van der Waals surface area contributed by atoms with E-state index >= 15 is 0 Å². The van der Waals surface area contributed by atoms with Crippen LogP contribution in [0.2, 0.25) is 19.1 Å². The van der Waals surface area contributed by atoms with Crippen LogP contribution in [-0.4, -0.2) is 27.0 Å². The van der Waals surface area contributed by atoms with Gasteiger partial charge in [0.05, 0.1) is 6.61 Å². The van der Waals surface area contributed by atoms with Gasteiger partial charge in [0, 0.05) is 18.2 Å². The van der Waals surface area contributed by atoms with Crippen LogP contribution in [0.15, 0.2) is 48.5 Å². The lowest BCUT2D eigenvalue weighted by Gasteiger charge is -2.25. The zero-order valence-corrected chi connectivity index (χ0v) is 18.5. The number of carbonyl (C=O) groups excluding carboxylic acids is 1. The molecule has 2 aromatic carbocycles. The summed E-state index contributed by atoms with van der Waals surface area (Å²) >= 11 is 0. The highest BCUT2D eigenvalue weighted by Gasteiger charge is 2.23. The number of rotatable bonds is 10. The Kier molecular flexibility index (Phi) is 8.27. The van der Waals surface area contributed by atoms with Gasteiger partial charge in [0.1, 0.15) is 0 Å². The Hall–Kier alpha value is -2.11. The molecular formula is C23H33NO3Si. The second-order valence-corrected chi connectivity index (χ2v) is 12.3. The van der Waals surface area contributed by atoms with Crippen molar-refractivity contribution in [3.63, 3.8) is 0 Å². The van der Waals surface area contributed by atoms with Crippen molar-refractivity contribution in [1.29, 1.82) is 0 Å². The highest BCUT2D eigenvalue weighted by Crippen LogP contribution is 2.21. The lowest BCUT2D eigenvalue weighted by molar-refractivity contribution is -0.143.